The Hall–Kier alpha value is -3.45. The molecule has 0 aliphatic rings. The molecule has 4 aromatic rings. The number of hydroxylamine groups is 1. The Morgan fingerprint density at radius 1 is 1.08 bits per heavy atom. The van der Waals surface area contributed by atoms with Gasteiger partial charge in [-0.3, -0.25) is 14.6 Å². The fourth-order valence-electron chi connectivity index (χ4n) is 2.62. The molecule has 2 heterocycles. The molecule has 0 spiro atoms. The van der Waals surface area contributed by atoms with Crippen LogP contribution in [0.2, 0.25) is 0 Å². The number of benzene rings is 2. The highest BCUT2D eigenvalue weighted by Crippen LogP contribution is 2.16. The molecule has 0 aliphatic carbocycles. The topological polar surface area (TPSA) is 76.0 Å². The average Bonchev–Trinajstić information content (AvgIpc) is 3.12. The molecule has 0 atom stereocenters. The van der Waals surface area contributed by atoms with Gasteiger partial charge < -0.3 is 0 Å². The molecule has 4 rings (SSSR count). The molecule has 0 saturated heterocycles. The molecule has 0 saturated carbocycles. The third-order valence-electron chi connectivity index (χ3n) is 3.99. The summed E-state index contributed by atoms with van der Waals surface area (Å²) in [5.74, 6) is 0.316. The molecule has 0 amide bonds. The molecule has 7 nitrogen and oxygen atoms in total. The van der Waals surface area contributed by atoms with E-state index in [4.69, 9.17) is 4.84 Å². The van der Waals surface area contributed by atoms with E-state index in [-0.39, 0.29) is 5.56 Å². The van der Waals surface area contributed by atoms with Crippen LogP contribution in [0.25, 0.3) is 16.7 Å². The standard InChI is InChI=1S/C19H17N5O2/c1-23(26-13-14-8-4-2-5-9-14)19-21-17-16(18(25)22-19)12-20-24(17)15-10-6-3-7-11-15/h2-12H,13H2,1H3,(H,21,22,25). The molecule has 0 radical (unpaired) electrons. The lowest BCUT2D eigenvalue weighted by atomic mass is 10.2. The van der Waals surface area contributed by atoms with E-state index in [0.717, 1.165) is 11.3 Å². The number of nitrogens with zero attached hydrogens (tertiary/aromatic N) is 4. The molecule has 0 unspecified atom stereocenters. The Labute approximate surface area is 149 Å². The Balaban J connectivity index is 1.66. The summed E-state index contributed by atoms with van der Waals surface area (Å²) in [7, 11) is 1.70. The molecule has 2 aromatic carbocycles. The van der Waals surface area contributed by atoms with Crippen LogP contribution >= 0.6 is 0 Å². The van der Waals surface area contributed by atoms with E-state index in [1.165, 1.54) is 11.3 Å². The number of rotatable bonds is 5. The molecule has 0 aliphatic heterocycles. The number of para-hydroxylation sites is 1. The highest BCUT2D eigenvalue weighted by Gasteiger charge is 2.14. The third-order valence-corrected chi connectivity index (χ3v) is 3.99. The molecular weight excluding hydrogens is 330 g/mol. The van der Waals surface area contributed by atoms with Crippen LogP contribution in [0.5, 0.6) is 0 Å². The number of aromatic amines is 1. The van der Waals surface area contributed by atoms with E-state index in [0.29, 0.717) is 23.6 Å². The van der Waals surface area contributed by atoms with Crippen LogP contribution in [0, 0.1) is 0 Å². The summed E-state index contributed by atoms with van der Waals surface area (Å²) < 4.78 is 1.64. The van der Waals surface area contributed by atoms with Crippen molar-refractivity contribution in [2.75, 3.05) is 12.1 Å². The smallest absolute Gasteiger partial charge is 0.263 e. The molecule has 1 N–H and O–H groups in total. The highest BCUT2D eigenvalue weighted by atomic mass is 16.7. The zero-order valence-corrected chi connectivity index (χ0v) is 14.2. The van der Waals surface area contributed by atoms with Gasteiger partial charge in [-0.1, -0.05) is 48.5 Å². The number of anilines is 1. The van der Waals surface area contributed by atoms with E-state index in [1.54, 1.807) is 11.7 Å². The van der Waals surface area contributed by atoms with Crippen LogP contribution < -0.4 is 10.6 Å². The first-order chi connectivity index (χ1) is 12.7. The first-order valence-corrected chi connectivity index (χ1v) is 8.16. The number of aromatic nitrogens is 4. The van der Waals surface area contributed by atoms with Gasteiger partial charge in [-0.25, -0.2) is 9.75 Å². The van der Waals surface area contributed by atoms with Crippen molar-refractivity contribution in [1.82, 2.24) is 19.7 Å². The van der Waals surface area contributed by atoms with Crippen molar-refractivity contribution in [3.05, 3.63) is 82.8 Å². The van der Waals surface area contributed by atoms with Crippen molar-refractivity contribution in [3.8, 4) is 5.69 Å². The van der Waals surface area contributed by atoms with E-state index in [2.05, 4.69) is 15.1 Å². The lowest BCUT2D eigenvalue weighted by Gasteiger charge is -2.17. The Bertz CT molecular complexity index is 1070. The van der Waals surface area contributed by atoms with Crippen LogP contribution in [-0.2, 0) is 11.4 Å². The van der Waals surface area contributed by atoms with Crippen molar-refractivity contribution in [2.45, 2.75) is 6.61 Å². The minimum atomic E-state index is -0.262. The van der Waals surface area contributed by atoms with Crippen molar-refractivity contribution in [3.63, 3.8) is 0 Å². The first kappa shape index (κ1) is 16.0. The Morgan fingerprint density at radius 2 is 1.77 bits per heavy atom. The summed E-state index contributed by atoms with van der Waals surface area (Å²) in [4.78, 5) is 25.4. The summed E-state index contributed by atoms with van der Waals surface area (Å²) in [6.45, 7) is 0.372. The zero-order valence-electron chi connectivity index (χ0n) is 14.2. The average molecular weight is 347 g/mol. The lowest BCUT2D eigenvalue weighted by molar-refractivity contribution is 0.104. The summed E-state index contributed by atoms with van der Waals surface area (Å²) >= 11 is 0. The van der Waals surface area contributed by atoms with E-state index in [9.17, 15) is 4.79 Å². The van der Waals surface area contributed by atoms with Crippen molar-refractivity contribution in [1.29, 1.82) is 0 Å². The van der Waals surface area contributed by atoms with Crippen LogP contribution in [0.4, 0.5) is 5.95 Å². The van der Waals surface area contributed by atoms with Gasteiger partial charge in [0.25, 0.3) is 5.56 Å². The molecule has 7 heteroatoms. The van der Waals surface area contributed by atoms with E-state index < -0.39 is 0 Å². The number of H-pyrrole nitrogens is 1. The van der Waals surface area contributed by atoms with Gasteiger partial charge in [0.05, 0.1) is 11.9 Å². The van der Waals surface area contributed by atoms with Gasteiger partial charge in [0.15, 0.2) is 5.65 Å². The predicted octanol–water partition coefficient (Wildman–Crippen LogP) is 2.68. The van der Waals surface area contributed by atoms with Crippen LogP contribution in [0.3, 0.4) is 0 Å². The van der Waals surface area contributed by atoms with E-state index in [1.807, 2.05) is 60.7 Å². The van der Waals surface area contributed by atoms with Crippen LogP contribution in [0.1, 0.15) is 5.56 Å². The van der Waals surface area contributed by atoms with Crippen molar-refractivity contribution in [2.24, 2.45) is 0 Å². The second-order valence-electron chi connectivity index (χ2n) is 5.78. The first-order valence-electron chi connectivity index (χ1n) is 8.16. The highest BCUT2D eigenvalue weighted by molar-refractivity contribution is 5.76. The molecular formula is C19H17N5O2. The zero-order chi connectivity index (χ0) is 17.9. The minimum absolute atomic E-state index is 0.262. The van der Waals surface area contributed by atoms with Crippen LogP contribution in [0.15, 0.2) is 71.7 Å². The summed E-state index contributed by atoms with van der Waals surface area (Å²) in [5.41, 5.74) is 2.07. The minimum Gasteiger partial charge on any atom is -0.290 e. The fraction of sp³-hybridized carbons (Fsp3) is 0.105. The van der Waals surface area contributed by atoms with Gasteiger partial charge >= 0.3 is 0 Å². The van der Waals surface area contributed by atoms with Gasteiger partial charge in [0.1, 0.15) is 12.0 Å². The Kier molecular flexibility index (Phi) is 4.20. The molecule has 130 valence electrons. The number of hydrogen-bond donors (Lipinski definition) is 1. The number of fused-ring (bicyclic) bond motifs is 1. The van der Waals surface area contributed by atoms with Gasteiger partial charge in [0, 0.05) is 7.05 Å². The summed E-state index contributed by atoms with van der Waals surface area (Å²) in [5, 5.41) is 6.17. The van der Waals surface area contributed by atoms with Gasteiger partial charge in [-0.15, -0.1) is 0 Å². The second kappa shape index (κ2) is 6.81. The molecule has 26 heavy (non-hydrogen) atoms. The molecule has 2 aromatic heterocycles. The maximum atomic E-state index is 12.4. The maximum absolute atomic E-state index is 12.4. The lowest BCUT2D eigenvalue weighted by Crippen LogP contribution is -2.23. The monoisotopic (exact) mass is 347 g/mol. The van der Waals surface area contributed by atoms with Crippen molar-refractivity contribution >= 4 is 17.0 Å². The Morgan fingerprint density at radius 3 is 2.50 bits per heavy atom. The normalized spacial score (nSPS) is 11.0. The van der Waals surface area contributed by atoms with Gasteiger partial charge in [-0.05, 0) is 17.7 Å². The third kappa shape index (κ3) is 3.07. The number of nitrogens with one attached hydrogen (secondary N) is 1. The number of hydrogen-bond acceptors (Lipinski definition) is 5. The second-order valence-corrected chi connectivity index (χ2v) is 5.78. The quantitative estimate of drug-likeness (QED) is 0.562. The molecule has 0 fully saturated rings. The van der Waals surface area contributed by atoms with E-state index >= 15 is 0 Å². The van der Waals surface area contributed by atoms with Gasteiger partial charge in [-0.2, -0.15) is 10.1 Å². The fourth-order valence-corrected chi connectivity index (χ4v) is 2.62. The molecule has 0 bridgehead atoms. The maximum Gasteiger partial charge on any atom is 0.263 e. The summed E-state index contributed by atoms with van der Waals surface area (Å²) in [6.07, 6.45) is 1.52. The largest absolute Gasteiger partial charge is 0.290 e. The SMILES string of the molecule is CN(OCc1ccccc1)c1nc2c(cnn2-c2ccccc2)c(=O)[nH]1. The van der Waals surface area contributed by atoms with Crippen LogP contribution in [-0.4, -0.2) is 26.8 Å². The van der Waals surface area contributed by atoms with Gasteiger partial charge in [0.2, 0.25) is 5.95 Å². The summed E-state index contributed by atoms with van der Waals surface area (Å²) in [6, 6.07) is 19.3. The predicted molar refractivity (Wildman–Crippen MR) is 99.1 cm³/mol. The van der Waals surface area contributed by atoms with Crippen molar-refractivity contribution < 1.29 is 4.84 Å².